The normalized spacial score (nSPS) is 36.6. The summed E-state index contributed by atoms with van der Waals surface area (Å²) in [7, 11) is 0. The fraction of sp³-hybridized carbons (Fsp3) is 0.722. The van der Waals surface area contributed by atoms with Crippen molar-refractivity contribution < 1.29 is 18.8 Å². The van der Waals surface area contributed by atoms with Crippen molar-refractivity contribution in [3.8, 4) is 0 Å². The Balaban J connectivity index is 1.51. The van der Waals surface area contributed by atoms with E-state index in [1.165, 1.54) is 6.42 Å². The fourth-order valence-electron chi connectivity index (χ4n) is 5.80. The summed E-state index contributed by atoms with van der Waals surface area (Å²) in [5, 5.41) is 6.99. The van der Waals surface area contributed by atoms with Gasteiger partial charge in [-0.2, -0.15) is 0 Å². The molecular formula is C18H24N2O4. The van der Waals surface area contributed by atoms with E-state index in [-0.39, 0.29) is 24.0 Å². The van der Waals surface area contributed by atoms with Crippen molar-refractivity contribution in [3.05, 3.63) is 17.5 Å². The summed E-state index contributed by atoms with van der Waals surface area (Å²) in [5.74, 6) is 1.46. The van der Waals surface area contributed by atoms with Crippen molar-refractivity contribution in [1.29, 1.82) is 0 Å². The van der Waals surface area contributed by atoms with Crippen LogP contribution in [-0.2, 0) is 20.9 Å². The lowest BCUT2D eigenvalue weighted by atomic mass is 9.47. The first-order chi connectivity index (χ1) is 11.4. The maximum atomic E-state index is 12.9. The fourth-order valence-corrected chi connectivity index (χ4v) is 5.80. The molecule has 4 fully saturated rings. The van der Waals surface area contributed by atoms with Gasteiger partial charge in [0.2, 0.25) is 5.91 Å². The van der Waals surface area contributed by atoms with Gasteiger partial charge in [0.25, 0.3) is 0 Å². The molecule has 4 aliphatic rings. The van der Waals surface area contributed by atoms with E-state index in [1.807, 2.05) is 6.92 Å². The molecule has 6 heteroatoms. The third-order valence-corrected chi connectivity index (χ3v) is 5.96. The lowest BCUT2D eigenvalue weighted by Gasteiger charge is -2.60. The lowest BCUT2D eigenvalue weighted by molar-refractivity contribution is -0.177. The summed E-state index contributed by atoms with van der Waals surface area (Å²) >= 11 is 0. The largest absolute Gasteiger partial charge is 0.457 e. The van der Waals surface area contributed by atoms with Gasteiger partial charge in [-0.3, -0.25) is 9.59 Å². The van der Waals surface area contributed by atoms with Crippen molar-refractivity contribution in [3.63, 3.8) is 0 Å². The zero-order valence-electron chi connectivity index (χ0n) is 14.3. The Hall–Kier alpha value is -1.85. The predicted molar refractivity (Wildman–Crippen MR) is 84.7 cm³/mol. The van der Waals surface area contributed by atoms with Crippen LogP contribution in [0.15, 0.2) is 10.6 Å². The molecule has 1 aromatic heterocycles. The number of amides is 1. The van der Waals surface area contributed by atoms with Crippen LogP contribution in [0.4, 0.5) is 0 Å². The first-order valence-electron chi connectivity index (χ1n) is 8.76. The van der Waals surface area contributed by atoms with Crippen molar-refractivity contribution in [2.45, 2.75) is 64.5 Å². The molecule has 1 N–H and O–H groups in total. The molecule has 0 radical (unpaired) electrons. The van der Waals surface area contributed by atoms with Crippen molar-refractivity contribution in [1.82, 2.24) is 10.5 Å². The molecule has 1 aromatic rings. The Bertz CT molecular complexity index is 666. The number of hydrogen-bond donors (Lipinski definition) is 1. The molecule has 24 heavy (non-hydrogen) atoms. The first-order valence-corrected chi connectivity index (χ1v) is 8.76. The summed E-state index contributed by atoms with van der Waals surface area (Å²) < 4.78 is 10.7. The van der Waals surface area contributed by atoms with Crippen LogP contribution in [0.25, 0.3) is 0 Å². The highest BCUT2D eigenvalue weighted by Gasteiger charge is 2.61. The van der Waals surface area contributed by atoms with Crippen LogP contribution < -0.4 is 5.32 Å². The minimum atomic E-state index is -0.443. The van der Waals surface area contributed by atoms with E-state index in [2.05, 4.69) is 10.5 Å². The Morgan fingerprint density at radius 2 is 2.04 bits per heavy atom. The Morgan fingerprint density at radius 3 is 2.62 bits per heavy atom. The number of carbonyl (C=O) groups excluding carboxylic acids is 2. The second-order valence-corrected chi connectivity index (χ2v) is 8.21. The van der Waals surface area contributed by atoms with E-state index in [0.717, 1.165) is 31.4 Å². The quantitative estimate of drug-likeness (QED) is 0.857. The summed E-state index contributed by atoms with van der Waals surface area (Å²) in [6.45, 7) is 3.53. The van der Waals surface area contributed by atoms with E-state index >= 15 is 0 Å². The molecule has 2 unspecified atom stereocenters. The van der Waals surface area contributed by atoms with Crippen LogP contribution >= 0.6 is 0 Å². The molecule has 1 amide bonds. The third-order valence-electron chi connectivity index (χ3n) is 5.96. The number of ether oxygens (including phenoxy) is 1. The molecule has 4 aliphatic carbocycles. The van der Waals surface area contributed by atoms with Crippen LogP contribution in [0.3, 0.4) is 0 Å². The third kappa shape index (κ3) is 2.62. The molecule has 0 aliphatic heterocycles. The van der Waals surface area contributed by atoms with Gasteiger partial charge in [-0.15, -0.1) is 0 Å². The standard InChI is InChI=1S/C18H24N2O4/c1-11-3-15(24-20-11)9-23-16(22)17-5-13-4-14(6-17)8-18(7-13,10-17)19-12(2)21/h3,13-14H,4-10H2,1-2H3,(H,19,21). The van der Waals surface area contributed by atoms with Crippen molar-refractivity contribution in [2.75, 3.05) is 0 Å². The first kappa shape index (κ1) is 15.7. The number of esters is 1. The maximum absolute atomic E-state index is 12.9. The number of nitrogens with one attached hydrogen (secondary N) is 1. The highest BCUT2D eigenvalue weighted by molar-refractivity contribution is 5.79. The van der Waals surface area contributed by atoms with E-state index in [0.29, 0.717) is 24.0 Å². The van der Waals surface area contributed by atoms with Gasteiger partial charge in [-0.1, -0.05) is 5.16 Å². The molecule has 0 saturated heterocycles. The Morgan fingerprint density at radius 1 is 1.33 bits per heavy atom. The molecule has 4 bridgehead atoms. The van der Waals surface area contributed by atoms with Crippen molar-refractivity contribution >= 4 is 11.9 Å². The highest BCUT2D eigenvalue weighted by atomic mass is 16.6. The second kappa shape index (κ2) is 5.33. The summed E-state index contributed by atoms with van der Waals surface area (Å²) in [6, 6.07) is 1.78. The van der Waals surface area contributed by atoms with Gasteiger partial charge in [-0.05, 0) is 57.3 Å². The lowest BCUT2D eigenvalue weighted by Crippen LogP contribution is -2.64. The molecule has 6 nitrogen and oxygen atoms in total. The van der Waals surface area contributed by atoms with Gasteiger partial charge >= 0.3 is 5.97 Å². The molecule has 0 aromatic carbocycles. The molecule has 1 heterocycles. The molecular weight excluding hydrogens is 308 g/mol. The van der Waals surface area contributed by atoms with E-state index in [1.54, 1.807) is 13.0 Å². The van der Waals surface area contributed by atoms with Crippen LogP contribution in [-0.4, -0.2) is 22.6 Å². The zero-order valence-corrected chi connectivity index (χ0v) is 14.3. The second-order valence-electron chi connectivity index (χ2n) is 8.21. The average Bonchev–Trinajstić information content (AvgIpc) is 2.87. The zero-order chi connectivity index (χ0) is 16.9. The van der Waals surface area contributed by atoms with Crippen LogP contribution in [0.5, 0.6) is 0 Å². The number of aryl methyl sites for hydroxylation is 1. The minimum absolute atomic E-state index is 0.00222. The van der Waals surface area contributed by atoms with E-state index in [4.69, 9.17) is 9.26 Å². The van der Waals surface area contributed by atoms with Gasteiger partial charge in [0.15, 0.2) is 12.4 Å². The van der Waals surface area contributed by atoms with Crippen molar-refractivity contribution in [2.24, 2.45) is 17.3 Å². The molecule has 130 valence electrons. The number of hydrogen-bond acceptors (Lipinski definition) is 5. The van der Waals surface area contributed by atoms with Gasteiger partial charge < -0.3 is 14.6 Å². The summed E-state index contributed by atoms with van der Waals surface area (Å²) in [6.07, 6.45) is 5.66. The number of nitrogens with zero attached hydrogens (tertiary/aromatic N) is 1. The smallest absolute Gasteiger partial charge is 0.312 e. The topological polar surface area (TPSA) is 81.4 Å². The monoisotopic (exact) mass is 332 g/mol. The van der Waals surface area contributed by atoms with E-state index < -0.39 is 5.41 Å². The van der Waals surface area contributed by atoms with Gasteiger partial charge in [0, 0.05) is 18.5 Å². The summed E-state index contributed by atoms with van der Waals surface area (Å²) in [4.78, 5) is 24.6. The molecule has 4 saturated carbocycles. The van der Waals surface area contributed by atoms with Gasteiger partial charge in [-0.25, -0.2) is 0 Å². The van der Waals surface area contributed by atoms with Gasteiger partial charge in [0.05, 0.1) is 11.1 Å². The Kier molecular flexibility index (Phi) is 3.48. The SMILES string of the molecule is CC(=O)NC12CC3CC(C1)CC(C(=O)OCc1cc(C)no1)(C3)C2. The van der Waals surface area contributed by atoms with Crippen LogP contribution in [0, 0.1) is 24.2 Å². The van der Waals surface area contributed by atoms with Gasteiger partial charge in [0.1, 0.15) is 0 Å². The predicted octanol–water partition coefficient (Wildman–Crippen LogP) is 2.50. The minimum Gasteiger partial charge on any atom is -0.457 e. The molecule has 0 spiro atoms. The molecule has 5 rings (SSSR count). The van der Waals surface area contributed by atoms with Crippen LogP contribution in [0.1, 0.15) is 56.9 Å². The highest BCUT2D eigenvalue weighted by Crippen LogP contribution is 2.62. The molecule has 2 atom stereocenters. The summed E-state index contributed by atoms with van der Waals surface area (Å²) in [5.41, 5.74) is 0.125. The average molecular weight is 332 g/mol. The number of carbonyl (C=O) groups is 2. The van der Waals surface area contributed by atoms with E-state index in [9.17, 15) is 9.59 Å². The Labute approximate surface area is 141 Å². The number of rotatable bonds is 4. The maximum Gasteiger partial charge on any atom is 0.312 e. The van der Waals surface area contributed by atoms with Crippen LogP contribution in [0.2, 0.25) is 0 Å². The number of aromatic nitrogens is 1.